The molecule has 0 bridgehead atoms. The normalized spacial score (nSPS) is 11.2. The number of nitro benzene ring substituents is 1. The van der Waals surface area contributed by atoms with Gasteiger partial charge >= 0.3 is 5.97 Å². The third-order valence-corrected chi connectivity index (χ3v) is 3.96. The van der Waals surface area contributed by atoms with Crippen molar-refractivity contribution in [3.8, 4) is 0 Å². The number of nitrogens with one attached hydrogen (secondary N) is 1. The van der Waals surface area contributed by atoms with Crippen LogP contribution in [0.3, 0.4) is 0 Å². The molecular formula is C14H19IN2O4. The zero-order chi connectivity index (χ0) is 16.0. The second-order valence-electron chi connectivity index (χ2n) is 5.65. The fourth-order valence-corrected chi connectivity index (χ4v) is 2.39. The molecule has 0 unspecified atom stereocenters. The number of carbonyl (C=O) groups is 1. The summed E-state index contributed by atoms with van der Waals surface area (Å²) in [7, 11) is 0. The van der Waals surface area contributed by atoms with E-state index in [1.807, 2.05) is 42.5 Å². The largest absolute Gasteiger partial charge is 0.481 e. The predicted molar refractivity (Wildman–Crippen MR) is 89.6 cm³/mol. The van der Waals surface area contributed by atoms with Crippen molar-refractivity contribution in [2.75, 3.05) is 11.9 Å². The van der Waals surface area contributed by atoms with Crippen LogP contribution in [-0.4, -0.2) is 22.5 Å². The van der Waals surface area contributed by atoms with Crippen LogP contribution in [0.25, 0.3) is 0 Å². The van der Waals surface area contributed by atoms with Gasteiger partial charge in [-0.2, -0.15) is 0 Å². The number of aliphatic carboxylic acids is 1. The lowest BCUT2D eigenvalue weighted by Gasteiger charge is -2.24. The number of halogens is 1. The Labute approximate surface area is 137 Å². The molecule has 0 radical (unpaired) electrons. The van der Waals surface area contributed by atoms with E-state index in [0.717, 1.165) is 9.99 Å². The van der Waals surface area contributed by atoms with Crippen molar-refractivity contribution in [3.63, 3.8) is 0 Å². The second-order valence-corrected chi connectivity index (χ2v) is 6.90. The van der Waals surface area contributed by atoms with E-state index in [0.29, 0.717) is 18.7 Å². The molecule has 1 aromatic rings. The van der Waals surface area contributed by atoms with Crippen molar-refractivity contribution in [2.45, 2.75) is 33.1 Å². The molecule has 2 N–H and O–H groups in total. The Morgan fingerprint density at radius 3 is 2.67 bits per heavy atom. The maximum Gasteiger partial charge on any atom is 0.303 e. The van der Waals surface area contributed by atoms with E-state index in [9.17, 15) is 14.9 Å². The summed E-state index contributed by atoms with van der Waals surface area (Å²) in [4.78, 5) is 21.2. The van der Waals surface area contributed by atoms with Crippen LogP contribution in [0.4, 0.5) is 11.4 Å². The summed E-state index contributed by atoms with van der Waals surface area (Å²) in [5.74, 6) is -0.802. The summed E-state index contributed by atoms with van der Waals surface area (Å²) >= 11 is 2.04. The van der Waals surface area contributed by atoms with Crippen molar-refractivity contribution in [1.82, 2.24) is 0 Å². The molecule has 0 spiro atoms. The number of nitro groups is 1. The lowest BCUT2D eigenvalue weighted by molar-refractivity contribution is -0.384. The Morgan fingerprint density at radius 1 is 1.43 bits per heavy atom. The molecule has 116 valence electrons. The highest BCUT2D eigenvalue weighted by molar-refractivity contribution is 14.1. The molecular weight excluding hydrogens is 387 g/mol. The number of hydrogen-bond acceptors (Lipinski definition) is 4. The van der Waals surface area contributed by atoms with Gasteiger partial charge in [0.1, 0.15) is 5.69 Å². The maximum absolute atomic E-state index is 11.0. The molecule has 1 rings (SSSR count). The Balaban J connectivity index is 2.60. The summed E-state index contributed by atoms with van der Waals surface area (Å²) < 4.78 is 0.812. The van der Waals surface area contributed by atoms with E-state index in [4.69, 9.17) is 5.11 Å². The Kier molecular flexibility index (Phi) is 6.38. The van der Waals surface area contributed by atoms with E-state index in [-0.39, 0.29) is 17.5 Å². The van der Waals surface area contributed by atoms with Gasteiger partial charge in [0.2, 0.25) is 0 Å². The minimum Gasteiger partial charge on any atom is -0.481 e. The van der Waals surface area contributed by atoms with E-state index in [2.05, 4.69) is 5.32 Å². The molecule has 0 atom stereocenters. The van der Waals surface area contributed by atoms with Crippen molar-refractivity contribution in [2.24, 2.45) is 5.41 Å². The Hall–Kier alpha value is -1.38. The molecule has 0 aliphatic heterocycles. The summed E-state index contributed by atoms with van der Waals surface area (Å²) in [6.07, 6.45) is 1.46. The van der Waals surface area contributed by atoms with Gasteiger partial charge < -0.3 is 10.4 Å². The fraction of sp³-hybridized carbons (Fsp3) is 0.500. The highest BCUT2D eigenvalue weighted by Gasteiger charge is 2.20. The van der Waals surface area contributed by atoms with Crippen LogP contribution in [0.2, 0.25) is 0 Å². The van der Waals surface area contributed by atoms with Gasteiger partial charge in [0.25, 0.3) is 5.69 Å². The van der Waals surface area contributed by atoms with Gasteiger partial charge in [-0.25, -0.2) is 0 Å². The van der Waals surface area contributed by atoms with Crippen LogP contribution in [0.1, 0.15) is 33.1 Å². The molecule has 21 heavy (non-hydrogen) atoms. The number of anilines is 1. The standard InChI is InChI=1S/C14H19IN2O4/c1-14(2,6-5-13(18)19)7-8-16-11-4-3-10(15)9-12(11)17(20)21/h3-4,9,16H,5-8H2,1-2H3,(H,18,19). The van der Waals surface area contributed by atoms with E-state index < -0.39 is 10.9 Å². The highest BCUT2D eigenvalue weighted by Crippen LogP contribution is 2.29. The molecule has 0 fully saturated rings. The van der Waals surface area contributed by atoms with Crippen molar-refractivity contribution in [3.05, 3.63) is 31.9 Å². The maximum atomic E-state index is 11.0. The minimum atomic E-state index is -0.802. The van der Waals surface area contributed by atoms with E-state index in [1.54, 1.807) is 6.07 Å². The molecule has 0 saturated carbocycles. The lowest BCUT2D eigenvalue weighted by atomic mass is 9.84. The third kappa shape index (κ3) is 6.28. The van der Waals surface area contributed by atoms with Gasteiger partial charge in [-0.1, -0.05) is 13.8 Å². The predicted octanol–water partition coefficient (Wildman–Crippen LogP) is 3.89. The third-order valence-electron chi connectivity index (χ3n) is 3.29. The number of rotatable bonds is 8. The van der Waals surface area contributed by atoms with Gasteiger partial charge in [0.05, 0.1) is 4.92 Å². The topological polar surface area (TPSA) is 92.5 Å². The zero-order valence-electron chi connectivity index (χ0n) is 12.1. The number of benzene rings is 1. The molecule has 1 aromatic carbocycles. The van der Waals surface area contributed by atoms with Crippen molar-refractivity contribution >= 4 is 39.9 Å². The lowest BCUT2D eigenvalue weighted by Crippen LogP contribution is -2.18. The van der Waals surface area contributed by atoms with Gasteiger partial charge in [0, 0.05) is 22.6 Å². The zero-order valence-corrected chi connectivity index (χ0v) is 14.2. The SMILES string of the molecule is CC(C)(CCNc1ccc(I)cc1[N+](=O)[O-])CCC(=O)O. The first-order valence-electron chi connectivity index (χ1n) is 6.61. The molecule has 0 aliphatic rings. The van der Waals surface area contributed by atoms with Crippen LogP contribution in [0.15, 0.2) is 18.2 Å². The Morgan fingerprint density at radius 2 is 2.10 bits per heavy atom. The molecule has 0 heterocycles. The van der Waals surface area contributed by atoms with E-state index >= 15 is 0 Å². The summed E-state index contributed by atoms with van der Waals surface area (Å²) in [5.41, 5.74) is 0.434. The fourth-order valence-electron chi connectivity index (χ4n) is 1.91. The molecule has 0 amide bonds. The highest BCUT2D eigenvalue weighted by atomic mass is 127. The first-order valence-corrected chi connectivity index (χ1v) is 7.69. The molecule has 0 saturated heterocycles. The Bertz CT molecular complexity index is 532. The van der Waals surface area contributed by atoms with Crippen molar-refractivity contribution in [1.29, 1.82) is 0 Å². The second kappa shape index (κ2) is 7.58. The van der Waals surface area contributed by atoms with Crippen LogP contribution < -0.4 is 5.32 Å². The van der Waals surface area contributed by atoms with Gasteiger partial charge in [-0.05, 0) is 53.0 Å². The monoisotopic (exact) mass is 406 g/mol. The van der Waals surface area contributed by atoms with Crippen LogP contribution in [-0.2, 0) is 4.79 Å². The van der Waals surface area contributed by atoms with Gasteiger partial charge in [0.15, 0.2) is 0 Å². The molecule has 6 nitrogen and oxygen atoms in total. The molecule has 7 heteroatoms. The molecule has 0 aliphatic carbocycles. The summed E-state index contributed by atoms with van der Waals surface area (Å²) in [6, 6.07) is 5.04. The number of carboxylic acid groups (broad SMARTS) is 1. The first kappa shape index (κ1) is 17.7. The van der Waals surface area contributed by atoms with Crippen LogP contribution in [0, 0.1) is 19.1 Å². The van der Waals surface area contributed by atoms with Gasteiger partial charge in [-0.15, -0.1) is 0 Å². The number of carboxylic acids is 1. The average Bonchev–Trinajstić information content (AvgIpc) is 2.38. The van der Waals surface area contributed by atoms with Crippen LogP contribution in [0.5, 0.6) is 0 Å². The minimum absolute atomic E-state index is 0.0604. The summed E-state index contributed by atoms with van der Waals surface area (Å²) in [6.45, 7) is 4.56. The smallest absolute Gasteiger partial charge is 0.303 e. The quantitative estimate of drug-likeness (QED) is 0.388. The first-order chi connectivity index (χ1) is 9.71. The van der Waals surface area contributed by atoms with Gasteiger partial charge in [-0.3, -0.25) is 14.9 Å². The van der Waals surface area contributed by atoms with E-state index in [1.165, 1.54) is 6.07 Å². The van der Waals surface area contributed by atoms with Crippen LogP contribution >= 0.6 is 22.6 Å². The average molecular weight is 406 g/mol. The number of hydrogen-bond donors (Lipinski definition) is 2. The summed E-state index contributed by atoms with van der Waals surface area (Å²) in [5, 5.41) is 22.8. The number of nitrogens with zero attached hydrogens (tertiary/aromatic N) is 1. The molecule has 0 aromatic heterocycles. The van der Waals surface area contributed by atoms with Crippen molar-refractivity contribution < 1.29 is 14.8 Å².